The second-order valence-electron chi connectivity index (χ2n) is 7.40. The van der Waals surface area contributed by atoms with E-state index in [1.165, 1.54) is 37.1 Å². The molecule has 0 saturated carbocycles. The molecule has 1 aromatic rings. The summed E-state index contributed by atoms with van der Waals surface area (Å²) in [5.41, 5.74) is 3.24. The second kappa shape index (κ2) is 5.66. The highest BCUT2D eigenvalue weighted by Gasteiger charge is 2.24. The van der Waals surface area contributed by atoms with E-state index in [1.54, 1.807) is 0 Å². The summed E-state index contributed by atoms with van der Waals surface area (Å²) in [4.78, 5) is 2.61. The van der Waals surface area contributed by atoms with Gasteiger partial charge in [-0.3, -0.25) is 0 Å². The number of rotatable bonds is 3. The molecule has 1 aliphatic rings. The first-order valence-electron chi connectivity index (χ1n) is 7.70. The molecule has 1 aromatic carbocycles. The van der Waals surface area contributed by atoms with Crippen LogP contribution in [0.2, 0.25) is 0 Å². The molecule has 1 saturated heterocycles. The predicted molar refractivity (Wildman–Crippen MR) is 83.7 cm³/mol. The molecule has 1 aliphatic heterocycles. The molecule has 2 rings (SSSR count). The summed E-state index contributed by atoms with van der Waals surface area (Å²) in [6, 6.07) is 9.90. The van der Waals surface area contributed by atoms with Crippen molar-refractivity contribution in [1.29, 1.82) is 0 Å². The number of benzene rings is 1. The monoisotopic (exact) mass is 259 g/mol. The Hall–Kier alpha value is -0.820. The predicted octanol–water partition coefficient (Wildman–Crippen LogP) is 4.26. The number of nitrogens with zero attached hydrogens (tertiary/aromatic N) is 1. The van der Waals surface area contributed by atoms with Crippen LogP contribution in [-0.2, 0) is 11.8 Å². The van der Waals surface area contributed by atoms with Crippen molar-refractivity contribution in [2.45, 2.75) is 58.9 Å². The fourth-order valence-electron chi connectivity index (χ4n) is 3.00. The first-order valence-corrected chi connectivity index (χ1v) is 7.70. The van der Waals surface area contributed by atoms with Gasteiger partial charge in [-0.25, -0.2) is 0 Å². The highest BCUT2D eigenvalue weighted by Crippen LogP contribution is 2.26. The lowest BCUT2D eigenvalue weighted by molar-refractivity contribution is 0.265. The van der Waals surface area contributed by atoms with Crippen LogP contribution in [0.5, 0.6) is 0 Å². The van der Waals surface area contributed by atoms with E-state index in [2.05, 4.69) is 63.8 Å². The maximum atomic E-state index is 2.61. The third kappa shape index (κ3) is 3.82. The van der Waals surface area contributed by atoms with Gasteiger partial charge in [0.1, 0.15) is 0 Å². The molecule has 106 valence electrons. The number of hydrogen-bond acceptors (Lipinski definition) is 1. The third-order valence-corrected chi connectivity index (χ3v) is 4.36. The van der Waals surface area contributed by atoms with E-state index in [1.807, 2.05) is 0 Å². The van der Waals surface area contributed by atoms with Gasteiger partial charge >= 0.3 is 0 Å². The van der Waals surface area contributed by atoms with Crippen molar-refractivity contribution in [1.82, 2.24) is 4.90 Å². The van der Waals surface area contributed by atoms with Crippen LogP contribution < -0.4 is 0 Å². The van der Waals surface area contributed by atoms with Crippen molar-refractivity contribution in [2.24, 2.45) is 5.92 Å². The van der Waals surface area contributed by atoms with E-state index < -0.39 is 0 Å². The van der Waals surface area contributed by atoms with E-state index in [0.29, 0.717) is 6.04 Å². The summed E-state index contributed by atoms with van der Waals surface area (Å²) in [5, 5.41) is 0. The number of likely N-dealkylation sites (tertiary alicyclic amines) is 1. The minimum Gasteiger partial charge on any atom is -0.301 e. The molecule has 19 heavy (non-hydrogen) atoms. The van der Waals surface area contributed by atoms with E-state index in [9.17, 15) is 0 Å². The van der Waals surface area contributed by atoms with Crippen molar-refractivity contribution in [3.63, 3.8) is 0 Å². The Morgan fingerprint density at radius 1 is 1.26 bits per heavy atom. The Morgan fingerprint density at radius 2 is 2.00 bits per heavy atom. The van der Waals surface area contributed by atoms with Crippen LogP contribution in [0.25, 0.3) is 0 Å². The zero-order valence-electron chi connectivity index (χ0n) is 13.2. The van der Waals surface area contributed by atoms with Gasteiger partial charge in [0.2, 0.25) is 0 Å². The van der Waals surface area contributed by atoms with Crippen molar-refractivity contribution < 1.29 is 0 Å². The maximum Gasteiger partial charge on any atom is 0.00387 e. The van der Waals surface area contributed by atoms with Gasteiger partial charge in [0.15, 0.2) is 0 Å². The molecule has 1 nitrogen and oxygen atoms in total. The minimum absolute atomic E-state index is 0.260. The van der Waals surface area contributed by atoms with Crippen molar-refractivity contribution in [2.75, 3.05) is 13.1 Å². The van der Waals surface area contributed by atoms with Gasteiger partial charge in [0.05, 0.1) is 0 Å². The van der Waals surface area contributed by atoms with Crippen LogP contribution in [-0.4, -0.2) is 24.0 Å². The molecule has 0 bridgehead atoms. The SMILES string of the molecule is CC(C)N1CCC(Cc2cccc(C(C)(C)C)c2)C1. The van der Waals surface area contributed by atoms with Gasteiger partial charge in [0.25, 0.3) is 0 Å². The topological polar surface area (TPSA) is 3.24 Å². The molecule has 1 unspecified atom stereocenters. The lowest BCUT2D eigenvalue weighted by atomic mass is 9.85. The molecule has 0 amide bonds. The van der Waals surface area contributed by atoms with Gasteiger partial charge in [-0.05, 0) is 55.7 Å². The van der Waals surface area contributed by atoms with Gasteiger partial charge < -0.3 is 4.90 Å². The molecule has 0 aliphatic carbocycles. The molecule has 1 heteroatoms. The summed E-state index contributed by atoms with van der Waals surface area (Å²) >= 11 is 0. The molecule has 0 aromatic heterocycles. The van der Waals surface area contributed by atoms with Crippen molar-refractivity contribution in [3.8, 4) is 0 Å². The zero-order chi connectivity index (χ0) is 14.0. The fraction of sp³-hybridized carbons (Fsp3) is 0.667. The van der Waals surface area contributed by atoms with E-state index in [4.69, 9.17) is 0 Å². The largest absolute Gasteiger partial charge is 0.301 e. The van der Waals surface area contributed by atoms with Crippen LogP contribution in [0.3, 0.4) is 0 Å². The van der Waals surface area contributed by atoms with Crippen LogP contribution in [0.15, 0.2) is 24.3 Å². The summed E-state index contributed by atoms with van der Waals surface area (Å²) in [6.07, 6.45) is 2.60. The molecule has 1 fully saturated rings. The molecular formula is C18H29N. The molecule has 1 atom stereocenters. The highest BCUT2D eigenvalue weighted by molar-refractivity contribution is 5.29. The van der Waals surface area contributed by atoms with Crippen molar-refractivity contribution in [3.05, 3.63) is 35.4 Å². The average molecular weight is 259 g/mol. The molecular weight excluding hydrogens is 230 g/mol. The maximum absolute atomic E-state index is 2.61. The summed E-state index contributed by atoms with van der Waals surface area (Å²) in [7, 11) is 0. The lowest BCUT2D eigenvalue weighted by Crippen LogP contribution is -2.28. The Labute approximate surface area is 119 Å². The first kappa shape index (κ1) is 14.6. The van der Waals surface area contributed by atoms with Crippen LogP contribution in [0.1, 0.15) is 52.2 Å². The minimum atomic E-state index is 0.260. The van der Waals surface area contributed by atoms with Gasteiger partial charge in [-0.15, -0.1) is 0 Å². The smallest absolute Gasteiger partial charge is 0.00387 e. The Balaban J connectivity index is 2.01. The first-order chi connectivity index (χ1) is 8.86. The second-order valence-corrected chi connectivity index (χ2v) is 7.40. The van der Waals surface area contributed by atoms with Gasteiger partial charge in [0, 0.05) is 12.6 Å². The van der Waals surface area contributed by atoms with Crippen LogP contribution >= 0.6 is 0 Å². The highest BCUT2D eigenvalue weighted by atomic mass is 15.2. The molecule has 0 radical (unpaired) electrons. The Morgan fingerprint density at radius 3 is 2.58 bits per heavy atom. The number of hydrogen-bond donors (Lipinski definition) is 0. The van der Waals surface area contributed by atoms with E-state index in [0.717, 1.165) is 5.92 Å². The van der Waals surface area contributed by atoms with Crippen molar-refractivity contribution >= 4 is 0 Å². The van der Waals surface area contributed by atoms with Gasteiger partial charge in [-0.2, -0.15) is 0 Å². The Bertz CT molecular complexity index is 414. The standard InChI is InChI=1S/C18H29N/c1-14(2)19-10-9-16(13-19)11-15-7-6-8-17(12-15)18(3,4)5/h6-8,12,14,16H,9-11,13H2,1-5H3. The van der Waals surface area contributed by atoms with Crippen LogP contribution in [0, 0.1) is 5.92 Å². The normalized spacial score (nSPS) is 21.3. The Kier molecular flexibility index (Phi) is 4.35. The molecule has 0 N–H and O–H groups in total. The lowest BCUT2D eigenvalue weighted by Gasteiger charge is -2.21. The molecule has 0 spiro atoms. The van der Waals surface area contributed by atoms with Crippen LogP contribution in [0.4, 0.5) is 0 Å². The third-order valence-electron chi connectivity index (χ3n) is 4.36. The summed E-state index contributed by atoms with van der Waals surface area (Å²) in [5.74, 6) is 0.845. The van der Waals surface area contributed by atoms with E-state index in [-0.39, 0.29) is 5.41 Å². The fourth-order valence-corrected chi connectivity index (χ4v) is 3.00. The summed E-state index contributed by atoms with van der Waals surface area (Å²) in [6.45, 7) is 14.1. The van der Waals surface area contributed by atoms with E-state index >= 15 is 0 Å². The van der Waals surface area contributed by atoms with Gasteiger partial charge in [-0.1, -0.05) is 45.0 Å². The summed E-state index contributed by atoms with van der Waals surface area (Å²) < 4.78 is 0. The quantitative estimate of drug-likeness (QED) is 0.784. The average Bonchev–Trinajstić information content (AvgIpc) is 2.77. The zero-order valence-corrected chi connectivity index (χ0v) is 13.2. The molecule has 1 heterocycles.